The lowest BCUT2D eigenvalue weighted by molar-refractivity contribution is -0.119. The first-order valence-corrected chi connectivity index (χ1v) is 9.31. The second-order valence-corrected chi connectivity index (χ2v) is 6.69. The first-order valence-electron chi connectivity index (χ1n) is 9.31. The van der Waals surface area contributed by atoms with Crippen molar-refractivity contribution in [3.63, 3.8) is 0 Å². The molecule has 2 aromatic rings. The van der Waals surface area contributed by atoms with E-state index < -0.39 is 0 Å². The molecule has 7 nitrogen and oxygen atoms in total. The molecule has 0 aliphatic carbocycles. The molecule has 3 rings (SSSR count). The minimum Gasteiger partial charge on any atom is -0.497 e. The van der Waals surface area contributed by atoms with Crippen LogP contribution < -0.4 is 14.8 Å². The minimum absolute atomic E-state index is 0.00836. The van der Waals surface area contributed by atoms with Crippen LogP contribution in [0.1, 0.15) is 35.7 Å². The third-order valence-corrected chi connectivity index (χ3v) is 4.82. The Hall–Kier alpha value is -3.09. The maximum atomic E-state index is 13.1. The number of pyridine rings is 1. The monoisotopic (exact) mass is 383 g/mol. The number of nitrogens with zero attached hydrogens (tertiary/aromatic N) is 2. The van der Waals surface area contributed by atoms with Crippen LogP contribution in [0, 0.1) is 0 Å². The number of amides is 2. The van der Waals surface area contributed by atoms with Gasteiger partial charge in [0.25, 0.3) is 5.91 Å². The largest absolute Gasteiger partial charge is 0.497 e. The Balaban J connectivity index is 1.85. The summed E-state index contributed by atoms with van der Waals surface area (Å²) in [6, 6.07) is 11.0. The van der Waals surface area contributed by atoms with Crippen LogP contribution in [0.5, 0.6) is 11.6 Å². The normalized spacial score (nSPS) is 18.6. The highest BCUT2D eigenvalue weighted by Crippen LogP contribution is 2.31. The quantitative estimate of drug-likeness (QED) is 0.827. The van der Waals surface area contributed by atoms with E-state index in [9.17, 15) is 9.59 Å². The third kappa shape index (κ3) is 4.24. The molecule has 28 heavy (non-hydrogen) atoms. The van der Waals surface area contributed by atoms with Crippen LogP contribution in [0.4, 0.5) is 0 Å². The number of methoxy groups -OCH3 is 1. The molecule has 0 unspecified atom stereocenters. The molecule has 1 fully saturated rings. The molecule has 148 valence electrons. The number of ether oxygens (including phenoxy) is 2. The predicted octanol–water partition coefficient (Wildman–Crippen LogP) is 2.23. The number of nitrogens with one attached hydrogen (secondary N) is 1. The summed E-state index contributed by atoms with van der Waals surface area (Å²) < 4.78 is 10.7. The number of benzene rings is 1. The summed E-state index contributed by atoms with van der Waals surface area (Å²) in [5.41, 5.74) is 1.48. The van der Waals surface area contributed by atoms with E-state index in [0.717, 1.165) is 11.3 Å². The van der Waals surface area contributed by atoms with E-state index in [1.54, 1.807) is 30.3 Å². The molecule has 2 atom stereocenters. The number of hydrogen-bond donors (Lipinski definition) is 1. The molecule has 0 radical (unpaired) electrons. The van der Waals surface area contributed by atoms with Gasteiger partial charge in [-0.2, -0.15) is 0 Å². The maximum Gasteiger partial charge on any atom is 0.259 e. The Labute approximate surface area is 164 Å². The molecular formula is C21H25N3O4. The summed E-state index contributed by atoms with van der Waals surface area (Å²) in [6.07, 6.45) is 1.60. The summed E-state index contributed by atoms with van der Waals surface area (Å²) in [4.78, 5) is 30.7. The number of aromatic nitrogens is 1. The van der Waals surface area contributed by atoms with Crippen molar-refractivity contribution in [2.75, 3.05) is 26.8 Å². The van der Waals surface area contributed by atoms with Crippen molar-refractivity contribution in [2.24, 2.45) is 0 Å². The third-order valence-electron chi connectivity index (χ3n) is 4.82. The van der Waals surface area contributed by atoms with E-state index in [2.05, 4.69) is 10.3 Å². The molecule has 1 aliphatic heterocycles. The molecule has 1 aromatic carbocycles. The Kier molecular flexibility index (Phi) is 6.13. The molecule has 0 bridgehead atoms. The fourth-order valence-electron chi connectivity index (χ4n) is 3.54. The van der Waals surface area contributed by atoms with Gasteiger partial charge in [0.05, 0.1) is 19.8 Å². The average Bonchev–Trinajstić information content (AvgIpc) is 3.11. The lowest BCUT2D eigenvalue weighted by Gasteiger charge is -2.19. The molecule has 1 aliphatic rings. The van der Waals surface area contributed by atoms with Gasteiger partial charge >= 0.3 is 0 Å². The molecule has 1 N–H and O–H groups in total. The Morgan fingerprint density at radius 3 is 2.61 bits per heavy atom. The van der Waals surface area contributed by atoms with Crippen LogP contribution in [-0.4, -0.2) is 54.5 Å². The SMILES string of the molecule is CCOc1ncccc1C(=O)N1C[C@@H](NC(C)=O)[C@H](c2ccc(OC)cc2)C1. The summed E-state index contributed by atoms with van der Waals surface area (Å²) in [5, 5.41) is 2.98. The zero-order valence-electron chi connectivity index (χ0n) is 16.3. The van der Waals surface area contributed by atoms with Gasteiger partial charge in [0.2, 0.25) is 11.8 Å². The first-order chi connectivity index (χ1) is 13.5. The van der Waals surface area contributed by atoms with Crippen LogP contribution >= 0.6 is 0 Å². The van der Waals surface area contributed by atoms with Gasteiger partial charge in [0, 0.05) is 32.1 Å². The van der Waals surface area contributed by atoms with Gasteiger partial charge in [-0.3, -0.25) is 9.59 Å². The molecule has 7 heteroatoms. The summed E-state index contributed by atoms with van der Waals surface area (Å²) in [7, 11) is 1.62. The van der Waals surface area contributed by atoms with Gasteiger partial charge in [-0.25, -0.2) is 4.98 Å². The van der Waals surface area contributed by atoms with Crippen LogP contribution in [-0.2, 0) is 4.79 Å². The molecule has 1 aromatic heterocycles. The zero-order valence-corrected chi connectivity index (χ0v) is 16.3. The van der Waals surface area contributed by atoms with Crippen LogP contribution in [0.15, 0.2) is 42.6 Å². The molecule has 0 saturated carbocycles. The van der Waals surface area contributed by atoms with Gasteiger partial charge in [0.15, 0.2) is 0 Å². The van der Waals surface area contributed by atoms with Crippen molar-refractivity contribution in [2.45, 2.75) is 25.8 Å². The fourth-order valence-corrected chi connectivity index (χ4v) is 3.54. The van der Waals surface area contributed by atoms with Crippen molar-refractivity contribution in [1.82, 2.24) is 15.2 Å². The predicted molar refractivity (Wildman–Crippen MR) is 105 cm³/mol. The number of rotatable bonds is 6. The minimum atomic E-state index is -0.165. The average molecular weight is 383 g/mol. The molecule has 0 spiro atoms. The lowest BCUT2D eigenvalue weighted by atomic mass is 9.94. The van der Waals surface area contributed by atoms with Gasteiger partial charge in [0.1, 0.15) is 11.3 Å². The Morgan fingerprint density at radius 2 is 1.96 bits per heavy atom. The maximum absolute atomic E-state index is 13.1. The lowest BCUT2D eigenvalue weighted by Crippen LogP contribution is -2.39. The highest BCUT2D eigenvalue weighted by atomic mass is 16.5. The molecule has 2 amide bonds. The standard InChI is InChI=1S/C21H25N3O4/c1-4-28-20-17(6-5-11-22-20)21(26)24-12-18(19(13-24)23-14(2)25)15-7-9-16(27-3)10-8-15/h5-11,18-19H,4,12-13H2,1-3H3,(H,23,25)/t18-,19+/m0/s1. The van der Waals surface area contributed by atoms with E-state index >= 15 is 0 Å². The van der Waals surface area contributed by atoms with Gasteiger partial charge in [-0.05, 0) is 36.8 Å². The summed E-state index contributed by atoms with van der Waals surface area (Å²) in [6.45, 7) is 4.70. The van der Waals surface area contributed by atoms with E-state index in [-0.39, 0.29) is 23.8 Å². The van der Waals surface area contributed by atoms with Crippen molar-refractivity contribution in [1.29, 1.82) is 0 Å². The Bertz CT molecular complexity index is 838. The van der Waals surface area contributed by atoms with Crippen molar-refractivity contribution < 1.29 is 19.1 Å². The number of carbonyl (C=O) groups excluding carboxylic acids is 2. The smallest absolute Gasteiger partial charge is 0.259 e. The van der Waals surface area contributed by atoms with Crippen LogP contribution in [0.25, 0.3) is 0 Å². The zero-order chi connectivity index (χ0) is 20.1. The van der Waals surface area contributed by atoms with E-state index in [1.807, 2.05) is 31.2 Å². The van der Waals surface area contributed by atoms with Crippen molar-refractivity contribution in [3.05, 3.63) is 53.7 Å². The summed E-state index contributed by atoms with van der Waals surface area (Å²) >= 11 is 0. The van der Waals surface area contributed by atoms with E-state index in [0.29, 0.717) is 31.1 Å². The van der Waals surface area contributed by atoms with Gasteiger partial charge < -0.3 is 19.7 Å². The number of carbonyl (C=O) groups is 2. The highest BCUT2D eigenvalue weighted by Gasteiger charge is 2.37. The topological polar surface area (TPSA) is 80.8 Å². The molecular weight excluding hydrogens is 358 g/mol. The fraction of sp³-hybridized carbons (Fsp3) is 0.381. The first kappa shape index (κ1) is 19.7. The highest BCUT2D eigenvalue weighted by molar-refractivity contribution is 5.96. The summed E-state index contributed by atoms with van der Waals surface area (Å²) in [5.74, 6) is 0.824. The second-order valence-electron chi connectivity index (χ2n) is 6.69. The van der Waals surface area contributed by atoms with Crippen LogP contribution in [0.2, 0.25) is 0 Å². The number of likely N-dealkylation sites (tertiary alicyclic amines) is 1. The van der Waals surface area contributed by atoms with Gasteiger partial charge in [-0.1, -0.05) is 12.1 Å². The van der Waals surface area contributed by atoms with E-state index in [4.69, 9.17) is 9.47 Å². The van der Waals surface area contributed by atoms with E-state index in [1.165, 1.54) is 6.92 Å². The van der Waals surface area contributed by atoms with Crippen LogP contribution in [0.3, 0.4) is 0 Å². The second kappa shape index (κ2) is 8.73. The van der Waals surface area contributed by atoms with Crippen molar-refractivity contribution >= 4 is 11.8 Å². The van der Waals surface area contributed by atoms with Crippen molar-refractivity contribution in [3.8, 4) is 11.6 Å². The Morgan fingerprint density at radius 1 is 1.21 bits per heavy atom. The number of hydrogen-bond acceptors (Lipinski definition) is 5. The van der Waals surface area contributed by atoms with Gasteiger partial charge in [-0.15, -0.1) is 0 Å². The molecule has 2 heterocycles. The molecule has 1 saturated heterocycles.